The van der Waals surface area contributed by atoms with E-state index in [4.69, 9.17) is 5.73 Å². The molecule has 4 nitrogen and oxygen atoms in total. The van der Waals surface area contributed by atoms with Gasteiger partial charge in [0, 0.05) is 36.3 Å². The van der Waals surface area contributed by atoms with E-state index < -0.39 is 12.1 Å². The maximum absolute atomic E-state index is 13.4. The second-order valence-corrected chi connectivity index (χ2v) is 8.36. The highest BCUT2D eigenvalue weighted by Gasteiger charge is 2.17. The number of hydrogen-bond acceptors (Lipinski definition) is 5. The smallest absolute Gasteiger partial charge is 0.213 e. The van der Waals surface area contributed by atoms with E-state index in [1.54, 1.807) is 11.3 Å². The van der Waals surface area contributed by atoms with Gasteiger partial charge in [-0.15, -0.1) is 11.3 Å². The van der Waals surface area contributed by atoms with Crippen molar-refractivity contribution in [2.75, 3.05) is 0 Å². The topological polar surface area (TPSA) is 72.0 Å². The molecule has 148 valence electrons. The second-order valence-electron chi connectivity index (χ2n) is 7.25. The molecular weight excluding hydrogens is 385 g/mol. The molecule has 0 bridgehead atoms. The minimum atomic E-state index is -0.695. The lowest BCUT2D eigenvalue weighted by molar-refractivity contribution is 0.142. The monoisotopic (exact) mass is 407 g/mol. The van der Waals surface area contributed by atoms with Gasteiger partial charge in [0.25, 0.3) is 0 Å². The quantitative estimate of drug-likeness (QED) is 0.451. The molecule has 0 saturated carbocycles. The largest absolute Gasteiger partial charge is 0.387 e. The Kier molecular flexibility index (Phi) is 5.67. The van der Waals surface area contributed by atoms with Gasteiger partial charge in [0.2, 0.25) is 5.95 Å². The predicted octanol–water partition coefficient (Wildman–Crippen LogP) is 4.80. The lowest BCUT2D eigenvalue weighted by Crippen LogP contribution is -2.28. The summed E-state index contributed by atoms with van der Waals surface area (Å²) in [5.41, 5.74) is 9.20. The van der Waals surface area contributed by atoms with Crippen LogP contribution in [0.3, 0.4) is 0 Å². The summed E-state index contributed by atoms with van der Waals surface area (Å²) in [5.74, 6) is -0.485. The molecule has 2 heterocycles. The number of aliphatic hydroxyl groups is 1. The number of halogens is 1. The average Bonchev–Trinajstić information content (AvgIpc) is 3.20. The summed E-state index contributed by atoms with van der Waals surface area (Å²) in [6.07, 6.45) is 4.00. The summed E-state index contributed by atoms with van der Waals surface area (Å²) in [7, 11) is 0. The Morgan fingerprint density at radius 2 is 1.83 bits per heavy atom. The molecular formula is C23H22FN3OS. The van der Waals surface area contributed by atoms with Gasteiger partial charge >= 0.3 is 0 Å². The van der Waals surface area contributed by atoms with Crippen LogP contribution in [0, 0.1) is 12.9 Å². The molecule has 6 heteroatoms. The number of pyridine rings is 1. The number of aliphatic hydroxyl groups excluding tert-OH is 1. The van der Waals surface area contributed by atoms with Crippen molar-refractivity contribution in [3.63, 3.8) is 0 Å². The SMILES string of the molecule is Cc1ccc([C@H](O)[C@H](N)CCc2ncc(-c3ccc4cnc(F)cc4c3)s2)cc1. The van der Waals surface area contributed by atoms with Crippen molar-refractivity contribution in [2.45, 2.75) is 31.9 Å². The van der Waals surface area contributed by atoms with Crippen LogP contribution >= 0.6 is 11.3 Å². The van der Waals surface area contributed by atoms with E-state index in [-0.39, 0.29) is 6.04 Å². The molecule has 0 unspecified atom stereocenters. The van der Waals surface area contributed by atoms with Gasteiger partial charge in [-0.1, -0.05) is 42.0 Å². The lowest BCUT2D eigenvalue weighted by atomic mass is 9.98. The van der Waals surface area contributed by atoms with E-state index >= 15 is 0 Å². The molecule has 0 aliphatic rings. The number of nitrogens with two attached hydrogens (primary N) is 1. The van der Waals surface area contributed by atoms with Crippen LogP contribution < -0.4 is 5.73 Å². The first kappa shape index (κ1) is 19.6. The molecule has 2 atom stereocenters. The fraction of sp³-hybridized carbons (Fsp3) is 0.217. The number of thiazole rings is 1. The maximum Gasteiger partial charge on any atom is 0.213 e. The molecule has 2 aromatic carbocycles. The molecule has 2 aromatic heterocycles. The average molecular weight is 408 g/mol. The van der Waals surface area contributed by atoms with Gasteiger partial charge in [-0.25, -0.2) is 9.97 Å². The van der Waals surface area contributed by atoms with Crippen molar-refractivity contribution in [1.82, 2.24) is 9.97 Å². The molecule has 0 amide bonds. The number of hydrogen-bond donors (Lipinski definition) is 2. The molecule has 3 N–H and O–H groups in total. The molecule has 0 fully saturated rings. The summed E-state index contributed by atoms with van der Waals surface area (Å²) >= 11 is 1.59. The number of fused-ring (bicyclic) bond motifs is 1. The van der Waals surface area contributed by atoms with E-state index in [2.05, 4.69) is 9.97 Å². The van der Waals surface area contributed by atoms with Crippen LogP contribution in [0.1, 0.15) is 28.7 Å². The number of aryl methyl sites for hydroxylation is 2. The highest BCUT2D eigenvalue weighted by molar-refractivity contribution is 7.15. The Hall–Kier alpha value is -2.67. The second kappa shape index (κ2) is 8.37. The van der Waals surface area contributed by atoms with Crippen LogP contribution in [-0.2, 0) is 6.42 Å². The third-order valence-corrected chi connectivity index (χ3v) is 6.15. The van der Waals surface area contributed by atoms with E-state index in [1.807, 2.05) is 55.6 Å². The van der Waals surface area contributed by atoms with Crippen LogP contribution in [0.5, 0.6) is 0 Å². The molecule has 0 spiro atoms. The zero-order chi connectivity index (χ0) is 20.4. The van der Waals surface area contributed by atoms with E-state index in [9.17, 15) is 9.50 Å². The molecule has 4 aromatic rings. The highest BCUT2D eigenvalue weighted by atomic mass is 32.1. The Bertz CT molecular complexity index is 1130. The third kappa shape index (κ3) is 4.50. The fourth-order valence-corrected chi connectivity index (χ4v) is 4.21. The first-order valence-electron chi connectivity index (χ1n) is 9.50. The first-order chi connectivity index (χ1) is 14.0. The zero-order valence-electron chi connectivity index (χ0n) is 16.0. The standard InChI is InChI=1S/C23H22FN3OS/c1-14-2-4-15(5-3-14)23(28)19(25)8-9-22-27-13-20(29-22)16-6-7-17-12-26-21(24)11-18(17)10-16/h2-7,10-13,19,23,28H,8-9,25H2,1H3/t19-,23+/m1/s1. The predicted molar refractivity (Wildman–Crippen MR) is 115 cm³/mol. The van der Waals surface area contributed by atoms with Gasteiger partial charge in [0.05, 0.1) is 16.0 Å². The van der Waals surface area contributed by atoms with Gasteiger partial charge in [0.15, 0.2) is 0 Å². The zero-order valence-corrected chi connectivity index (χ0v) is 16.9. The van der Waals surface area contributed by atoms with Gasteiger partial charge in [-0.3, -0.25) is 0 Å². The lowest BCUT2D eigenvalue weighted by Gasteiger charge is -2.18. The molecule has 0 aliphatic carbocycles. The normalized spacial score (nSPS) is 13.5. The maximum atomic E-state index is 13.4. The Labute approximate surface area is 172 Å². The van der Waals surface area contributed by atoms with Gasteiger partial charge in [-0.2, -0.15) is 4.39 Å². The molecule has 0 aliphatic heterocycles. The number of rotatable bonds is 6. The summed E-state index contributed by atoms with van der Waals surface area (Å²) in [4.78, 5) is 9.21. The summed E-state index contributed by atoms with van der Waals surface area (Å²) < 4.78 is 13.4. The minimum absolute atomic E-state index is 0.360. The Morgan fingerprint density at radius 3 is 2.62 bits per heavy atom. The van der Waals surface area contributed by atoms with Gasteiger partial charge in [-0.05, 0) is 35.9 Å². The van der Waals surface area contributed by atoms with Crippen LogP contribution in [0.15, 0.2) is 60.9 Å². The van der Waals surface area contributed by atoms with Crippen LogP contribution in [0.4, 0.5) is 4.39 Å². The van der Waals surface area contributed by atoms with E-state index in [0.29, 0.717) is 12.8 Å². The van der Waals surface area contributed by atoms with Crippen molar-refractivity contribution in [3.8, 4) is 10.4 Å². The van der Waals surface area contributed by atoms with Crippen molar-refractivity contribution in [2.24, 2.45) is 5.73 Å². The van der Waals surface area contributed by atoms with Crippen molar-refractivity contribution in [3.05, 3.63) is 83.0 Å². The van der Waals surface area contributed by atoms with Crippen molar-refractivity contribution >= 4 is 22.1 Å². The van der Waals surface area contributed by atoms with Gasteiger partial charge in [0.1, 0.15) is 0 Å². The van der Waals surface area contributed by atoms with Crippen molar-refractivity contribution < 1.29 is 9.50 Å². The summed E-state index contributed by atoms with van der Waals surface area (Å²) in [6, 6.07) is 14.7. The molecule has 0 saturated heterocycles. The van der Waals surface area contributed by atoms with Crippen LogP contribution in [-0.4, -0.2) is 21.1 Å². The van der Waals surface area contributed by atoms with Gasteiger partial charge < -0.3 is 10.8 Å². The number of aromatic nitrogens is 2. The third-order valence-electron chi connectivity index (χ3n) is 5.04. The van der Waals surface area contributed by atoms with Crippen LogP contribution in [0.2, 0.25) is 0 Å². The summed E-state index contributed by atoms with van der Waals surface area (Å²) in [6.45, 7) is 2.01. The van der Waals surface area contributed by atoms with E-state index in [0.717, 1.165) is 37.3 Å². The molecule has 4 rings (SSSR count). The highest BCUT2D eigenvalue weighted by Crippen LogP contribution is 2.30. The molecule has 0 radical (unpaired) electrons. The van der Waals surface area contributed by atoms with Crippen molar-refractivity contribution in [1.29, 1.82) is 0 Å². The van der Waals surface area contributed by atoms with E-state index in [1.165, 1.54) is 12.3 Å². The summed E-state index contributed by atoms with van der Waals surface area (Å²) in [5, 5.41) is 13.2. The Morgan fingerprint density at radius 1 is 1.03 bits per heavy atom. The Balaban J connectivity index is 1.43. The first-order valence-corrected chi connectivity index (χ1v) is 10.3. The fourth-order valence-electron chi connectivity index (χ4n) is 3.29. The van der Waals surface area contributed by atoms with Crippen LogP contribution in [0.25, 0.3) is 21.2 Å². The molecule has 29 heavy (non-hydrogen) atoms. The number of nitrogens with zero attached hydrogens (tertiary/aromatic N) is 2. The number of benzene rings is 2. The minimum Gasteiger partial charge on any atom is -0.387 e.